The Morgan fingerprint density at radius 1 is 0.330 bits per heavy atom. The minimum Gasteiger partial charge on any atom is -0.493 e. The van der Waals surface area contributed by atoms with Crippen molar-refractivity contribution in [2.45, 2.75) is 233 Å². The van der Waals surface area contributed by atoms with Crippen LogP contribution in [0, 0.1) is 0 Å². The Labute approximate surface area is 597 Å². The number of benzene rings is 7. The Balaban J connectivity index is 0.851. The van der Waals surface area contributed by atoms with Crippen molar-refractivity contribution in [1.29, 1.82) is 0 Å². The first kappa shape index (κ1) is 75.6. The number of nitrogens with zero attached hydrogens (tertiary/aromatic N) is 4. The molecule has 7 aromatic carbocycles. The lowest BCUT2D eigenvalue weighted by Crippen LogP contribution is -2.36. The highest BCUT2D eigenvalue weighted by Crippen LogP contribution is 2.38. The van der Waals surface area contributed by atoms with Crippen molar-refractivity contribution in [3.8, 4) is 11.5 Å². The summed E-state index contributed by atoms with van der Waals surface area (Å²) in [6.45, 7) is 11.8. The maximum atomic E-state index is 14.0. The van der Waals surface area contributed by atoms with Crippen LogP contribution in [0.2, 0.25) is 0 Å². The summed E-state index contributed by atoms with van der Waals surface area (Å²) in [4.78, 5) is 56.1. The largest absolute Gasteiger partial charge is 0.493 e. The van der Waals surface area contributed by atoms with Crippen molar-refractivity contribution >= 4 is 93.3 Å². The molecule has 530 valence electrons. The van der Waals surface area contributed by atoms with Crippen molar-refractivity contribution in [2.24, 2.45) is 10.2 Å². The number of carbonyl (C=O) groups excluding carboxylic acids is 4. The number of anilines is 2. The molecule has 0 fully saturated rings. The Morgan fingerprint density at radius 3 is 0.970 bits per heavy atom. The average Bonchev–Trinajstić information content (AvgIpc) is 0.749. The number of rotatable bonds is 48. The van der Waals surface area contributed by atoms with Crippen molar-refractivity contribution in [3.05, 3.63) is 177 Å². The van der Waals surface area contributed by atoms with Crippen LogP contribution in [0.25, 0.3) is 45.8 Å². The Kier molecular flexibility index (Phi) is 31.6. The Hall–Kier alpha value is -8.64. The van der Waals surface area contributed by atoms with Gasteiger partial charge in [0.1, 0.15) is 11.5 Å². The van der Waals surface area contributed by atoms with Crippen LogP contribution in [-0.2, 0) is 0 Å². The molecule has 0 spiro atoms. The van der Waals surface area contributed by atoms with Gasteiger partial charge < -0.3 is 20.1 Å². The molecular formula is C88H112N6O6. The fourth-order valence-corrected chi connectivity index (χ4v) is 13.6. The van der Waals surface area contributed by atoms with Crippen LogP contribution in [0.1, 0.15) is 308 Å². The third-order valence-electron chi connectivity index (χ3n) is 19.5. The summed E-state index contributed by atoms with van der Waals surface area (Å²) in [5.41, 5.74) is 8.89. The molecule has 0 atom stereocenters. The first-order valence-corrected chi connectivity index (χ1v) is 38.7. The normalized spacial score (nSPS) is 13.1. The molecule has 0 radical (unpaired) electrons. The SMILES string of the molecule is CCCCCCCCCCCCNc1ccc2c3c(cccc13)C(=O)N(/N=C/c1ccc(/C=C/c3cc(OCCCCCCCC)c(/C=C/c4ccc(/C=N/N5C(=O)c6cccc7c(NCCCCCCCCCCCC)ccc(c67)C5=O)cc4)cc3OCCCCCCCC)cc1)C2=O. The van der Waals surface area contributed by atoms with Crippen LogP contribution >= 0.6 is 0 Å². The van der Waals surface area contributed by atoms with Crippen LogP contribution in [-0.4, -0.2) is 72.4 Å². The lowest BCUT2D eigenvalue weighted by Gasteiger charge is -2.24. The molecule has 2 aliphatic heterocycles. The molecule has 2 heterocycles. The number of nitrogens with one attached hydrogen (secondary N) is 2. The highest BCUT2D eigenvalue weighted by atomic mass is 16.5. The van der Waals surface area contributed by atoms with Crippen molar-refractivity contribution in [3.63, 3.8) is 0 Å². The van der Waals surface area contributed by atoms with E-state index in [1.54, 1.807) is 24.6 Å². The first-order chi connectivity index (χ1) is 49.2. The minimum atomic E-state index is -0.442. The molecule has 0 aliphatic carbocycles. The summed E-state index contributed by atoms with van der Waals surface area (Å²) in [6.07, 6.45) is 50.7. The Morgan fingerprint density at radius 2 is 0.630 bits per heavy atom. The van der Waals surface area contributed by atoms with E-state index in [9.17, 15) is 19.2 Å². The number of hydrogen-bond donors (Lipinski definition) is 2. The first-order valence-electron chi connectivity index (χ1n) is 38.7. The molecule has 7 aromatic rings. The van der Waals surface area contributed by atoms with Gasteiger partial charge >= 0.3 is 0 Å². The second-order valence-corrected chi connectivity index (χ2v) is 27.5. The third-order valence-corrected chi connectivity index (χ3v) is 19.5. The molecule has 2 N–H and O–H groups in total. The zero-order valence-corrected chi connectivity index (χ0v) is 60.7. The molecule has 0 aromatic heterocycles. The molecule has 0 saturated heterocycles. The maximum absolute atomic E-state index is 14.0. The number of unbranched alkanes of at least 4 members (excludes halogenated alkanes) is 28. The zero-order valence-electron chi connectivity index (χ0n) is 60.7. The number of hydrogen-bond acceptors (Lipinski definition) is 10. The molecule has 12 heteroatoms. The van der Waals surface area contributed by atoms with E-state index >= 15 is 0 Å². The van der Waals surface area contributed by atoms with Crippen LogP contribution < -0.4 is 20.1 Å². The summed E-state index contributed by atoms with van der Waals surface area (Å²) < 4.78 is 13.3. The Bertz CT molecular complexity index is 3570. The molecule has 0 bridgehead atoms. The third kappa shape index (κ3) is 22.2. The lowest BCUT2D eigenvalue weighted by molar-refractivity contribution is 0.0601. The number of carbonyl (C=O) groups is 4. The average molecular weight is 1350 g/mol. The van der Waals surface area contributed by atoms with E-state index in [-0.39, 0.29) is 0 Å². The molecule has 2 aliphatic rings. The number of hydrazone groups is 2. The highest BCUT2D eigenvalue weighted by molar-refractivity contribution is 6.28. The van der Waals surface area contributed by atoms with Gasteiger partial charge in [0.15, 0.2) is 0 Å². The van der Waals surface area contributed by atoms with Crippen molar-refractivity contribution < 1.29 is 28.7 Å². The molecule has 0 saturated carbocycles. The van der Waals surface area contributed by atoms with Crippen LogP contribution in [0.5, 0.6) is 11.5 Å². The molecule has 12 nitrogen and oxygen atoms in total. The summed E-state index contributed by atoms with van der Waals surface area (Å²) >= 11 is 0. The predicted molar refractivity (Wildman–Crippen MR) is 420 cm³/mol. The van der Waals surface area contributed by atoms with Gasteiger partial charge in [-0.05, 0) is 96.5 Å². The molecule has 4 amide bonds. The van der Waals surface area contributed by atoms with E-state index < -0.39 is 23.6 Å². The number of ether oxygens (including phenoxy) is 2. The van der Waals surface area contributed by atoms with E-state index in [1.165, 1.54) is 167 Å². The van der Waals surface area contributed by atoms with Gasteiger partial charge in [0, 0.05) is 57.1 Å². The van der Waals surface area contributed by atoms with Crippen LogP contribution in [0.15, 0.2) is 132 Å². The number of amides is 4. The van der Waals surface area contributed by atoms with Gasteiger partial charge in [-0.3, -0.25) is 19.2 Å². The monoisotopic (exact) mass is 1350 g/mol. The smallest absolute Gasteiger partial charge is 0.282 e. The van der Waals surface area contributed by atoms with E-state index in [0.717, 1.165) is 129 Å². The topological polar surface area (TPSA) is 142 Å². The second kappa shape index (κ2) is 41.8. The summed E-state index contributed by atoms with van der Waals surface area (Å²) in [7, 11) is 0. The highest BCUT2D eigenvalue weighted by Gasteiger charge is 2.35. The molecule has 9 rings (SSSR count). The van der Waals surface area contributed by atoms with Gasteiger partial charge in [-0.1, -0.05) is 305 Å². The van der Waals surface area contributed by atoms with Crippen LogP contribution in [0.4, 0.5) is 11.4 Å². The van der Waals surface area contributed by atoms with Gasteiger partial charge in [0.05, 0.1) is 47.9 Å². The number of imide groups is 2. The predicted octanol–water partition coefficient (Wildman–Crippen LogP) is 23.7. The maximum Gasteiger partial charge on any atom is 0.282 e. The fourth-order valence-electron chi connectivity index (χ4n) is 13.6. The second-order valence-electron chi connectivity index (χ2n) is 27.5. The summed E-state index contributed by atoms with van der Waals surface area (Å²) in [5.74, 6) is -0.250. The zero-order chi connectivity index (χ0) is 69.9. The minimum absolute atomic E-state index is 0.442. The quantitative estimate of drug-likeness (QED) is 0.0166. The van der Waals surface area contributed by atoms with Gasteiger partial charge in [0.2, 0.25) is 0 Å². The van der Waals surface area contributed by atoms with E-state index in [2.05, 4.69) is 85.0 Å². The van der Waals surface area contributed by atoms with E-state index in [4.69, 9.17) is 9.47 Å². The molecule has 100 heavy (non-hydrogen) atoms. The van der Waals surface area contributed by atoms with Gasteiger partial charge in [0.25, 0.3) is 23.6 Å². The summed E-state index contributed by atoms with van der Waals surface area (Å²) in [6, 6.07) is 38.8. The van der Waals surface area contributed by atoms with Crippen molar-refractivity contribution in [2.75, 3.05) is 36.9 Å². The van der Waals surface area contributed by atoms with Gasteiger partial charge in [-0.25, -0.2) is 0 Å². The standard InChI is InChI=1S/C88H112N6O6/c1-5-9-13-17-21-23-25-27-29-33-59-89-79-57-55-77-83-73(79)39-37-41-75(83)85(95)93(87(77)97)91-65-69-47-43-67(44-48-69)51-53-71-63-82(100-62-36-32-20-16-12-8-4)72(64-81(71)99-61-35-31-19-15-11-7-3)54-52-68-45-49-70(50-46-68)66-92-94-86(96)76-42-38-40-74-80(58-56-78(84(74)76)88(94)98)90-60-34-30-28-26-24-22-18-14-10-6-2/h37-58,63-66,89-90H,5-36,59-62H2,1-4H3/b53-51+,54-52+,91-65+,92-66+. The molecular weight excluding hydrogens is 1240 g/mol. The van der Waals surface area contributed by atoms with Gasteiger partial charge in [-0.2, -0.15) is 20.2 Å². The van der Waals surface area contributed by atoms with E-state index in [0.29, 0.717) is 46.2 Å². The van der Waals surface area contributed by atoms with E-state index in [1.807, 2.05) is 97.1 Å². The fraction of sp³-hybridized carbons (Fsp3) is 0.455. The molecule has 0 unspecified atom stereocenters. The van der Waals surface area contributed by atoms with Crippen molar-refractivity contribution in [1.82, 2.24) is 10.0 Å². The summed E-state index contributed by atoms with van der Waals surface area (Å²) in [5, 5.41) is 21.3. The lowest BCUT2D eigenvalue weighted by atomic mass is 9.93. The van der Waals surface area contributed by atoms with Crippen LogP contribution in [0.3, 0.4) is 0 Å². The van der Waals surface area contributed by atoms with Gasteiger partial charge in [-0.15, -0.1) is 0 Å².